The Morgan fingerprint density at radius 3 is 2.41 bits per heavy atom. The summed E-state index contributed by atoms with van der Waals surface area (Å²) >= 11 is 0. The number of ether oxygens (including phenoxy) is 1. The Hall–Kier alpha value is -3.66. The van der Waals surface area contributed by atoms with Gasteiger partial charge in [0.2, 0.25) is 0 Å². The summed E-state index contributed by atoms with van der Waals surface area (Å²) in [4.78, 5) is 24.2. The van der Waals surface area contributed by atoms with Gasteiger partial charge in [-0.2, -0.15) is 8.42 Å². The average Bonchev–Trinajstić information content (AvgIpc) is 3.10. The van der Waals surface area contributed by atoms with E-state index in [1.165, 1.54) is 18.2 Å². The van der Waals surface area contributed by atoms with Gasteiger partial charge in [0, 0.05) is 17.6 Å². The fraction of sp³-hybridized carbons (Fsp3) is 0.370. The van der Waals surface area contributed by atoms with E-state index >= 15 is 0 Å². The van der Waals surface area contributed by atoms with E-state index in [0.29, 0.717) is 24.0 Å². The molecule has 3 heterocycles. The van der Waals surface area contributed by atoms with Crippen molar-refractivity contribution in [1.82, 2.24) is 14.7 Å². The number of nitrogen functional groups attached to an aromatic ring is 1. The van der Waals surface area contributed by atoms with Crippen molar-refractivity contribution in [3.05, 3.63) is 60.2 Å². The van der Waals surface area contributed by atoms with Crippen molar-refractivity contribution in [3.63, 3.8) is 0 Å². The van der Waals surface area contributed by atoms with Gasteiger partial charge in [0.15, 0.2) is 5.03 Å². The second-order valence-corrected chi connectivity index (χ2v) is 11.7. The van der Waals surface area contributed by atoms with Gasteiger partial charge in [0.1, 0.15) is 17.4 Å². The van der Waals surface area contributed by atoms with Crippen LogP contribution in [0.3, 0.4) is 0 Å². The first-order valence-corrected chi connectivity index (χ1v) is 13.7. The van der Waals surface area contributed by atoms with E-state index in [0.717, 1.165) is 17.7 Å². The Morgan fingerprint density at radius 2 is 1.81 bits per heavy atom. The summed E-state index contributed by atoms with van der Waals surface area (Å²) in [5.74, 6) is 0.794. The molecular weight excluding hydrogens is 490 g/mol. The van der Waals surface area contributed by atoms with Gasteiger partial charge in [0.05, 0.1) is 17.4 Å². The van der Waals surface area contributed by atoms with Crippen LogP contribution in [0.25, 0.3) is 11.3 Å². The van der Waals surface area contributed by atoms with E-state index in [-0.39, 0.29) is 28.1 Å². The van der Waals surface area contributed by atoms with Crippen molar-refractivity contribution < 1.29 is 17.9 Å². The smallest absolute Gasteiger partial charge is 0.281 e. The van der Waals surface area contributed by atoms with Crippen molar-refractivity contribution >= 4 is 27.6 Å². The summed E-state index contributed by atoms with van der Waals surface area (Å²) in [6, 6.07) is 15.1. The standard InChI is InChI=1S/C27H33N5O4S/c1-17(2)36-20-11-9-19(10-12-20)22-14-13-21(25(29-22)32-16-15-18(3)27(32,4)5)26(33)31-37(34,35)24-8-6-7-23(28)30-24/h6-14,17-18H,15-16H2,1-5H3,(H2,28,30)(H,31,33). The number of rotatable bonds is 7. The van der Waals surface area contributed by atoms with E-state index in [1.807, 2.05) is 38.1 Å². The molecule has 0 saturated carbocycles. The molecule has 37 heavy (non-hydrogen) atoms. The number of carbonyl (C=O) groups is 1. The summed E-state index contributed by atoms with van der Waals surface area (Å²) in [6.45, 7) is 11.0. The maximum Gasteiger partial charge on any atom is 0.281 e. The molecule has 0 bridgehead atoms. The minimum absolute atomic E-state index is 0.0413. The molecule has 3 aromatic rings. The quantitative estimate of drug-likeness (QED) is 0.470. The van der Waals surface area contributed by atoms with E-state index in [2.05, 4.69) is 35.4 Å². The highest BCUT2D eigenvalue weighted by molar-refractivity contribution is 7.90. The minimum atomic E-state index is -4.24. The highest BCUT2D eigenvalue weighted by atomic mass is 32.2. The van der Waals surface area contributed by atoms with Gasteiger partial charge < -0.3 is 15.4 Å². The maximum absolute atomic E-state index is 13.4. The van der Waals surface area contributed by atoms with Gasteiger partial charge in [-0.05, 0) is 88.6 Å². The molecule has 1 fully saturated rings. The van der Waals surface area contributed by atoms with Crippen LogP contribution in [-0.4, -0.2) is 42.5 Å². The van der Waals surface area contributed by atoms with Gasteiger partial charge in [-0.3, -0.25) is 4.79 Å². The van der Waals surface area contributed by atoms with Crippen LogP contribution in [0.1, 0.15) is 51.4 Å². The van der Waals surface area contributed by atoms with Crippen molar-refractivity contribution in [2.24, 2.45) is 5.92 Å². The fourth-order valence-electron chi connectivity index (χ4n) is 4.39. The monoisotopic (exact) mass is 523 g/mol. The summed E-state index contributed by atoms with van der Waals surface area (Å²) in [5, 5.41) is -0.328. The lowest BCUT2D eigenvalue weighted by Crippen LogP contribution is -2.43. The van der Waals surface area contributed by atoms with E-state index in [9.17, 15) is 13.2 Å². The van der Waals surface area contributed by atoms with E-state index < -0.39 is 15.9 Å². The van der Waals surface area contributed by atoms with Crippen LogP contribution in [-0.2, 0) is 10.0 Å². The lowest BCUT2D eigenvalue weighted by atomic mass is 9.90. The molecule has 0 aliphatic carbocycles. The van der Waals surface area contributed by atoms with E-state index in [4.69, 9.17) is 15.5 Å². The second-order valence-electron chi connectivity index (χ2n) is 10.1. The molecule has 4 rings (SSSR count). The first-order valence-electron chi connectivity index (χ1n) is 12.2. The van der Waals surface area contributed by atoms with E-state index in [1.54, 1.807) is 12.1 Å². The zero-order valence-electron chi connectivity index (χ0n) is 21.7. The molecule has 9 nitrogen and oxygen atoms in total. The molecule has 3 N–H and O–H groups in total. The molecule has 196 valence electrons. The number of benzene rings is 1. The Balaban J connectivity index is 1.73. The molecular formula is C27H33N5O4S. The van der Waals surface area contributed by atoms with Crippen LogP contribution < -0.4 is 20.1 Å². The number of hydrogen-bond donors (Lipinski definition) is 2. The van der Waals surface area contributed by atoms with Crippen LogP contribution in [0.5, 0.6) is 5.75 Å². The Labute approximate surface area is 218 Å². The molecule has 1 atom stereocenters. The highest BCUT2D eigenvalue weighted by Gasteiger charge is 2.41. The first-order chi connectivity index (χ1) is 17.4. The molecule has 2 aromatic heterocycles. The van der Waals surface area contributed by atoms with Crippen molar-refractivity contribution in [2.45, 2.75) is 57.7 Å². The number of sulfonamides is 1. The topological polar surface area (TPSA) is 128 Å². The van der Waals surface area contributed by atoms with Crippen molar-refractivity contribution in [3.8, 4) is 17.0 Å². The zero-order chi connectivity index (χ0) is 27.0. The largest absolute Gasteiger partial charge is 0.491 e. The number of anilines is 2. The van der Waals surface area contributed by atoms with Crippen molar-refractivity contribution in [1.29, 1.82) is 0 Å². The molecule has 1 unspecified atom stereocenters. The SMILES string of the molecule is CC(C)Oc1ccc(-c2ccc(C(=O)NS(=O)(=O)c3cccc(N)n3)c(N3CCC(C)C3(C)C)n2)cc1. The summed E-state index contributed by atoms with van der Waals surface area (Å²) in [7, 11) is -4.24. The fourth-order valence-corrected chi connectivity index (χ4v) is 5.33. The van der Waals surface area contributed by atoms with Gasteiger partial charge in [-0.1, -0.05) is 13.0 Å². The van der Waals surface area contributed by atoms with Crippen LogP contribution in [0, 0.1) is 5.92 Å². The molecule has 0 radical (unpaired) electrons. The summed E-state index contributed by atoms with van der Waals surface area (Å²) in [6.07, 6.45) is 0.985. The minimum Gasteiger partial charge on any atom is -0.491 e. The summed E-state index contributed by atoms with van der Waals surface area (Å²) in [5.41, 5.74) is 7.03. The number of pyridine rings is 2. The normalized spacial score (nSPS) is 17.1. The lowest BCUT2D eigenvalue weighted by molar-refractivity contribution is 0.0981. The van der Waals surface area contributed by atoms with Gasteiger partial charge in [-0.25, -0.2) is 14.7 Å². The number of amides is 1. The number of nitrogens with zero attached hydrogens (tertiary/aromatic N) is 3. The third kappa shape index (κ3) is 5.53. The predicted octanol–water partition coefficient (Wildman–Crippen LogP) is 4.26. The third-order valence-corrected chi connectivity index (χ3v) is 8.06. The van der Waals surface area contributed by atoms with Crippen LogP contribution in [0.15, 0.2) is 59.6 Å². The van der Waals surface area contributed by atoms with Gasteiger partial charge in [0.25, 0.3) is 15.9 Å². The van der Waals surface area contributed by atoms with Crippen LogP contribution in [0.4, 0.5) is 11.6 Å². The zero-order valence-corrected chi connectivity index (χ0v) is 22.5. The Bertz CT molecular complexity index is 1400. The van der Waals surface area contributed by atoms with Crippen molar-refractivity contribution in [2.75, 3.05) is 17.2 Å². The lowest BCUT2D eigenvalue weighted by Gasteiger charge is -2.36. The van der Waals surface area contributed by atoms with Crippen LogP contribution >= 0.6 is 0 Å². The number of nitrogens with one attached hydrogen (secondary N) is 1. The third-order valence-electron chi connectivity index (χ3n) is 6.83. The molecule has 1 aliphatic rings. The predicted molar refractivity (Wildman–Crippen MR) is 144 cm³/mol. The molecule has 1 aliphatic heterocycles. The highest BCUT2D eigenvalue weighted by Crippen LogP contribution is 2.39. The molecule has 10 heteroatoms. The summed E-state index contributed by atoms with van der Waals surface area (Å²) < 4.78 is 33.6. The molecule has 1 saturated heterocycles. The Morgan fingerprint density at radius 1 is 1.11 bits per heavy atom. The number of nitrogens with two attached hydrogens (primary N) is 1. The molecule has 1 aromatic carbocycles. The van der Waals surface area contributed by atoms with Gasteiger partial charge in [-0.15, -0.1) is 0 Å². The van der Waals surface area contributed by atoms with Gasteiger partial charge >= 0.3 is 0 Å². The maximum atomic E-state index is 13.4. The number of aromatic nitrogens is 2. The molecule has 0 spiro atoms. The van der Waals surface area contributed by atoms with Crippen LogP contribution in [0.2, 0.25) is 0 Å². The number of carbonyl (C=O) groups excluding carboxylic acids is 1. The second kappa shape index (κ2) is 10.0. The first kappa shape index (κ1) is 26.4. The Kier molecular flexibility index (Phi) is 7.14. The number of hydrogen-bond acceptors (Lipinski definition) is 8. The average molecular weight is 524 g/mol. The molecule has 1 amide bonds.